The standard InChI is InChI=1S/C15H22N4/c1-18(2)8-9-19(3)15-13(11-16)10-12-6-4-5-7-14(12)17-15/h10H,4-9H2,1-3H3. The molecule has 0 aliphatic heterocycles. The lowest BCUT2D eigenvalue weighted by Crippen LogP contribution is -2.30. The van der Waals surface area contributed by atoms with Gasteiger partial charge in [-0.2, -0.15) is 5.26 Å². The van der Waals surface area contributed by atoms with Gasteiger partial charge in [0.1, 0.15) is 11.9 Å². The van der Waals surface area contributed by atoms with Crippen molar-refractivity contribution >= 4 is 5.82 Å². The summed E-state index contributed by atoms with van der Waals surface area (Å²) in [4.78, 5) is 8.98. The SMILES string of the molecule is CN(C)CCN(C)c1nc2c(cc1C#N)CCCC2. The van der Waals surface area contributed by atoms with Crippen LogP contribution in [-0.2, 0) is 12.8 Å². The highest BCUT2D eigenvalue weighted by molar-refractivity contribution is 5.56. The highest BCUT2D eigenvalue weighted by atomic mass is 15.2. The van der Waals surface area contributed by atoms with Crippen molar-refractivity contribution in [3.8, 4) is 6.07 Å². The first kappa shape index (κ1) is 13.8. The molecule has 0 atom stereocenters. The van der Waals surface area contributed by atoms with Crippen LogP contribution >= 0.6 is 0 Å². The van der Waals surface area contributed by atoms with E-state index in [0.29, 0.717) is 5.56 Å². The number of aromatic nitrogens is 1. The van der Waals surface area contributed by atoms with Gasteiger partial charge in [0.05, 0.1) is 5.56 Å². The maximum absolute atomic E-state index is 9.32. The molecule has 0 saturated heterocycles. The number of likely N-dealkylation sites (N-methyl/N-ethyl adjacent to an activating group) is 2. The molecule has 0 radical (unpaired) electrons. The molecule has 2 rings (SSSR count). The molecular formula is C15H22N4. The fraction of sp³-hybridized carbons (Fsp3) is 0.600. The maximum Gasteiger partial charge on any atom is 0.146 e. The van der Waals surface area contributed by atoms with Crippen LogP contribution in [0, 0.1) is 11.3 Å². The Kier molecular flexibility index (Phi) is 4.39. The quantitative estimate of drug-likeness (QED) is 0.826. The Morgan fingerprint density at radius 2 is 1.95 bits per heavy atom. The summed E-state index contributed by atoms with van der Waals surface area (Å²) in [5.74, 6) is 0.838. The van der Waals surface area contributed by atoms with Gasteiger partial charge in [0, 0.05) is 25.8 Å². The Morgan fingerprint density at radius 3 is 2.63 bits per heavy atom. The molecule has 0 saturated carbocycles. The highest BCUT2D eigenvalue weighted by Crippen LogP contribution is 2.25. The fourth-order valence-corrected chi connectivity index (χ4v) is 2.45. The second-order valence-corrected chi connectivity index (χ2v) is 5.51. The van der Waals surface area contributed by atoms with Gasteiger partial charge in [-0.15, -0.1) is 0 Å². The molecule has 102 valence electrons. The molecule has 0 bridgehead atoms. The molecule has 0 N–H and O–H groups in total. The molecule has 0 amide bonds. The summed E-state index contributed by atoms with van der Waals surface area (Å²) < 4.78 is 0. The van der Waals surface area contributed by atoms with E-state index in [2.05, 4.69) is 30.0 Å². The number of rotatable bonds is 4. The van der Waals surface area contributed by atoms with Crippen LogP contribution in [0.15, 0.2) is 6.07 Å². The molecule has 0 aromatic carbocycles. The average Bonchev–Trinajstić information content (AvgIpc) is 2.43. The minimum Gasteiger partial charge on any atom is -0.357 e. The monoisotopic (exact) mass is 258 g/mol. The zero-order valence-corrected chi connectivity index (χ0v) is 12.1. The summed E-state index contributed by atoms with van der Waals surface area (Å²) in [5.41, 5.74) is 3.17. The Bertz CT molecular complexity index is 488. The molecule has 0 unspecified atom stereocenters. The van der Waals surface area contributed by atoms with E-state index in [1.54, 1.807) is 0 Å². The van der Waals surface area contributed by atoms with Crippen LogP contribution in [0.5, 0.6) is 0 Å². The molecule has 1 aliphatic carbocycles. The van der Waals surface area contributed by atoms with E-state index < -0.39 is 0 Å². The third-order valence-corrected chi connectivity index (χ3v) is 3.65. The van der Waals surface area contributed by atoms with Gasteiger partial charge in [-0.1, -0.05) is 0 Å². The summed E-state index contributed by atoms with van der Waals surface area (Å²) in [6.45, 7) is 1.84. The second-order valence-electron chi connectivity index (χ2n) is 5.51. The Balaban J connectivity index is 2.26. The van der Waals surface area contributed by atoms with Gasteiger partial charge in [-0.05, 0) is 51.4 Å². The summed E-state index contributed by atoms with van der Waals surface area (Å²) in [6, 6.07) is 4.34. The number of aryl methyl sites for hydroxylation is 2. The van der Waals surface area contributed by atoms with E-state index >= 15 is 0 Å². The van der Waals surface area contributed by atoms with Crippen LogP contribution in [0.3, 0.4) is 0 Å². The predicted molar refractivity (Wildman–Crippen MR) is 77.4 cm³/mol. The zero-order chi connectivity index (χ0) is 13.8. The van der Waals surface area contributed by atoms with Crippen LogP contribution in [0.2, 0.25) is 0 Å². The minimum atomic E-state index is 0.710. The van der Waals surface area contributed by atoms with Crippen LogP contribution in [-0.4, -0.2) is 44.1 Å². The third-order valence-electron chi connectivity index (χ3n) is 3.65. The highest BCUT2D eigenvalue weighted by Gasteiger charge is 2.17. The molecule has 4 nitrogen and oxygen atoms in total. The van der Waals surface area contributed by atoms with E-state index in [4.69, 9.17) is 4.98 Å². The lowest BCUT2D eigenvalue weighted by atomic mass is 9.95. The van der Waals surface area contributed by atoms with Crippen LogP contribution in [0.1, 0.15) is 29.7 Å². The van der Waals surface area contributed by atoms with Gasteiger partial charge < -0.3 is 9.80 Å². The summed E-state index contributed by atoms with van der Waals surface area (Å²) >= 11 is 0. The van der Waals surface area contributed by atoms with Gasteiger partial charge in [-0.25, -0.2) is 4.98 Å². The average molecular weight is 258 g/mol. The number of hydrogen-bond acceptors (Lipinski definition) is 4. The Labute approximate surface area is 115 Å². The van der Waals surface area contributed by atoms with Crippen molar-refractivity contribution in [3.05, 3.63) is 22.9 Å². The molecule has 19 heavy (non-hydrogen) atoms. The number of hydrogen-bond donors (Lipinski definition) is 0. The predicted octanol–water partition coefficient (Wildman–Crippen LogP) is 1.83. The molecule has 1 heterocycles. The Morgan fingerprint density at radius 1 is 1.21 bits per heavy atom. The number of pyridine rings is 1. The first-order valence-electron chi connectivity index (χ1n) is 6.90. The molecule has 4 heteroatoms. The van der Waals surface area contributed by atoms with Crippen molar-refractivity contribution in [3.63, 3.8) is 0 Å². The summed E-state index contributed by atoms with van der Waals surface area (Å²) in [7, 11) is 6.13. The van der Waals surface area contributed by atoms with Crippen molar-refractivity contribution in [2.24, 2.45) is 0 Å². The normalized spacial score (nSPS) is 14.1. The van der Waals surface area contributed by atoms with E-state index in [9.17, 15) is 5.26 Å². The third kappa shape index (κ3) is 3.24. The maximum atomic E-state index is 9.32. The van der Waals surface area contributed by atoms with Crippen LogP contribution in [0.25, 0.3) is 0 Å². The molecule has 0 fully saturated rings. The van der Waals surface area contributed by atoms with Gasteiger partial charge in [-0.3, -0.25) is 0 Å². The largest absolute Gasteiger partial charge is 0.357 e. The van der Waals surface area contributed by atoms with Gasteiger partial charge in [0.2, 0.25) is 0 Å². The number of nitriles is 1. The summed E-state index contributed by atoms with van der Waals surface area (Å²) in [6.07, 6.45) is 4.55. The van der Waals surface area contributed by atoms with E-state index in [1.165, 1.54) is 24.1 Å². The number of fused-ring (bicyclic) bond motifs is 1. The van der Waals surface area contributed by atoms with Crippen LogP contribution in [0.4, 0.5) is 5.82 Å². The van der Waals surface area contributed by atoms with E-state index in [0.717, 1.165) is 31.7 Å². The minimum absolute atomic E-state index is 0.710. The fourth-order valence-electron chi connectivity index (χ4n) is 2.45. The van der Waals surface area contributed by atoms with Crippen molar-refractivity contribution < 1.29 is 0 Å². The zero-order valence-electron chi connectivity index (χ0n) is 12.1. The molecule has 1 aromatic heterocycles. The molecule has 1 aromatic rings. The molecule has 0 spiro atoms. The molecular weight excluding hydrogens is 236 g/mol. The van der Waals surface area contributed by atoms with Gasteiger partial charge in [0.25, 0.3) is 0 Å². The second kappa shape index (κ2) is 6.03. The van der Waals surface area contributed by atoms with E-state index in [1.807, 2.05) is 13.1 Å². The topological polar surface area (TPSA) is 43.2 Å². The smallest absolute Gasteiger partial charge is 0.146 e. The first-order chi connectivity index (χ1) is 9.11. The lowest BCUT2D eigenvalue weighted by Gasteiger charge is -2.24. The van der Waals surface area contributed by atoms with Crippen molar-refractivity contribution in [2.75, 3.05) is 39.1 Å². The number of nitrogens with zero attached hydrogens (tertiary/aromatic N) is 4. The van der Waals surface area contributed by atoms with E-state index in [-0.39, 0.29) is 0 Å². The van der Waals surface area contributed by atoms with Gasteiger partial charge in [0.15, 0.2) is 0 Å². The van der Waals surface area contributed by atoms with Crippen LogP contribution < -0.4 is 4.90 Å². The molecule has 1 aliphatic rings. The summed E-state index contributed by atoms with van der Waals surface area (Å²) in [5, 5.41) is 9.32. The lowest BCUT2D eigenvalue weighted by molar-refractivity contribution is 0.416. The first-order valence-corrected chi connectivity index (χ1v) is 6.90. The van der Waals surface area contributed by atoms with Crippen molar-refractivity contribution in [2.45, 2.75) is 25.7 Å². The van der Waals surface area contributed by atoms with Gasteiger partial charge >= 0.3 is 0 Å². The van der Waals surface area contributed by atoms with Crippen molar-refractivity contribution in [1.82, 2.24) is 9.88 Å². The van der Waals surface area contributed by atoms with Crippen molar-refractivity contribution in [1.29, 1.82) is 5.26 Å². The number of anilines is 1. The Hall–Kier alpha value is -1.60.